The molecule has 0 aliphatic carbocycles. The fourth-order valence-corrected chi connectivity index (χ4v) is 3.45. The van der Waals surface area contributed by atoms with Crippen molar-refractivity contribution in [1.82, 2.24) is 24.5 Å². The Hall–Kier alpha value is -3.46. The first-order valence-electron chi connectivity index (χ1n) is 8.91. The fraction of sp³-hybridized carbons (Fsp3) is 0.200. The highest BCUT2D eigenvalue weighted by Gasteiger charge is 2.16. The van der Waals surface area contributed by atoms with E-state index in [4.69, 9.17) is 21.7 Å². The molecule has 0 amide bonds. The maximum absolute atomic E-state index is 13.1. The van der Waals surface area contributed by atoms with Crippen molar-refractivity contribution in [3.8, 4) is 11.5 Å². The monoisotopic (exact) mass is 409 g/mol. The number of fused-ring (bicyclic) bond motifs is 1. The van der Waals surface area contributed by atoms with Gasteiger partial charge in [0, 0.05) is 5.39 Å². The molecule has 0 saturated carbocycles. The van der Waals surface area contributed by atoms with Crippen molar-refractivity contribution in [3.05, 3.63) is 75.2 Å². The van der Waals surface area contributed by atoms with Crippen LogP contribution in [0.15, 0.2) is 53.5 Å². The summed E-state index contributed by atoms with van der Waals surface area (Å²) < 4.78 is 14.4. The topological polar surface area (TPSA) is 87.0 Å². The predicted octanol–water partition coefficient (Wildman–Crippen LogP) is 2.76. The molecule has 29 heavy (non-hydrogen) atoms. The second-order valence-electron chi connectivity index (χ2n) is 6.39. The second kappa shape index (κ2) is 7.88. The quantitative estimate of drug-likeness (QED) is 0.493. The molecule has 2 heterocycles. The van der Waals surface area contributed by atoms with Gasteiger partial charge in [0.25, 0.3) is 5.56 Å². The Kier molecular flexibility index (Phi) is 5.13. The number of aromatic nitrogens is 5. The zero-order valence-electron chi connectivity index (χ0n) is 16.0. The summed E-state index contributed by atoms with van der Waals surface area (Å²) in [5.74, 6) is 1.48. The van der Waals surface area contributed by atoms with E-state index in [1.54, 1.807) is 18.3 Å². The predicted molar refractivity (Wildman–Crippen MR) is 111 cm³/mol. The highest BCUT2D eigenvalue weighted by molar-refractivity contribution is 7.71. The minimum Gasteiger partial charge on any atom is -0.493 e. The molecule has 0 fully saturated rings. The van der Waals surface area contributed by atoms with Crippen LogP contribution < -0.4 is 15.0 Å². The molecular formula is C20H19N5O3S. The lowest BCUT2D eigenvalue weighted by Crippen LogP contribution is -2.25. The summed E-state index contributed by atoms with van der Waals surface area (Å²) in [6.45, 7) is 0.708. The van der Waals surface area contributed by atoms with Gasteiger partial charge in [-0.05, 0) is 29.9 Å². The average Bonchev–Trinajstić information content (AvgIpc) is 3.09. The SMILES string of the molecule is COc1ccc2cnn(Cc3n[nH]c(=S)n3Cc3ccccc3)c(=O)c2c1OC. The molecular weight excluding hydrogens is 390 g/mol. The first kappa shape index (κ1) is 18.9. The number of hydrogen-bond donors (Lipinski definition) is 1. The summed E-state index contributed by atoms with van der Waals surface area (Å²) in [6, 6.07) is 13.4. The summed E-state index contributed by atoms with van der Waals surface area (Å²) in [5.41, 5.74) is 0.787. The van der Waals surface area contributed by atoms with Gasteiger partial charge in [-0.3, -0.25) is 14.5 Å². The molecule has 0 unspecified atom stereocenters. The third-order valence-corrected chi connectivity index (χ3v) is 4.99. The largest absolute Gasteiger partial charge is 0.493 e. The van der Waals surface area contributed by atoms with Crippen LogP contribution in [0.25, 0.3) is 10.8 Å². The number of nitrogens with one attached hydrogen (secondary N) is 1. The van der Waals surface area contributed by atoms with Crippen molar-refractivity contribution in [2.24, 2.45) is 0 Å². The van der Waals surface area contributed by atoms with Gasteiger partial charge in [0.15, 0.2) is 22.1 Å². The lowest BCUT2D eigenvalue weighted by atomic mass is 10.1. The summed E-state index contributed by atoms with van der Waals surface area (Å²) in [6.07, 6.45) is 1.63. The van der Waals surface area contributed by atoms with Gasteiger partial charge >= 0.3 is 0 Å². The van der Waals surface area contributed by atoms with Crippen LogP contribution in [0, 0.1) is 4.77 Å². The molecule has 2 aromatic carbocycles. The van der Waals surface area contributed by atoms with E-state index in [-0.39, 0.29) is 12.1 Å². The first-order valence-corrected chi connectivity index (χ1v) is 9.32. The van der Waals surface area contributed by atoms with E-state index in [2.05, 4.69) is 15.3 Å². The van der Waals surface area contributed by atoms with E-state index < -0.39 is 0 Å². The number of rotatable bonds is 6. The van der Waals surface area contributed by atoms with Crippen LogP contribution in [0.2, 0.25) is 0 Å². The number of nitrogens with zero attached hydrogens (tertiary/aromatic N) is 4. The van der Waals surface area contributed by atoms with Crippen LogP contribution in [0.5, 0.6) is 11.5 Å². The molecule has 0 bridgehead atoms. The second-order valence-corrected chi connectivity index (χ2v) is 6.78. The zero-order chi connectivity index (χ0) is 20.4. The van der Waals surface area contributed by atoms with Gasteiger partial charge in [-0.1, -0.05) is 30.3 Å². The molecule has 0 aliphatic heterocycles. The molecule has 1 N–H and O–H groups in total. The average molecular weight is 409 g/mol. The van der Waals surface area contributed by atoms with Gasteiger partial charge in [-0.25, -0.2) is 4.68 Å². The Balaban J connectivity index is 1.77. The van der Waals surface area contributed by atoms with Gasteiger partial charge in [0.2, 0.25) is 0 Å². The standard InChI is InChI=1S/C20H19N5O3S/c1-27-15-9-8-14-10-21-25(19(26)17(14)18(15)28-2)12-16-22-23-20(29)24(16)11-13-6-4-3-5-7-13/h3-10H,11-12H2,1-2H3,(H,23,29). The van der Waals surface area contributed by atoms with Gasteiger partial charge in [-0.15, -0.1) is 0 Å². The summed E-state index contributed by atoms with van der Waals surface area (Å²) in [4.78, 5) is 13.1. The molecule has 148 valence electrons. The molecule has 9 heteroatoms. The molecule has 0 saturated heterocycles. The Labute approximate surface area is 171 Å². The van der Waals surface area contributed by atoms with E-state index >= 15 is 0 Å². The maximum Gasteiger partial charge on any atom is 0.278 e. The Morgan fingerprint density at radius 2 is 1.86 bits per heavy atom. The normalized spacial score (nSPS) is 11.0. The third kappa shape index (κ3) is 3.52. The van der Waals surface area contributed by atoms with Gasteiger partial charge in [0.05, 0.1) is 32.3 Å². The first-order chi connectivity index (χ1) is 14.1. The number of H-pyrrole nitrogens is 1. The van der Waals surface area contributed by atoms with Crippen molar-refractivity contribution in [3.63, 3.8) is 0 Å². The molecule has 4 rings (SSSR count). The van der Waals surface area contributed by atoms with E-state index in [0.29, 0.717) is 39.4 Å². The van der Waals surface area contributed by atoms with Crippen LogP contribution in [0.4, 0.5) is 0 Å². The molecule has 0 spiro atoms. The van der Waals surface area contributed by atoms with Crippen molar-refractivity contribution in [1.29, 1.82) is 0 Å². The number of ether oxygens (including phenoxy) is 2. The van der Waals surface area contributed by atoms with Crippen molar-refractivity contribution >= 4 is 23.0 Å². The van der Waals surface area contributed by atoms with Crippen molar-refractivity contribution < 1.29 is 9.47 Å². The van der Waals surface area contributed by atoms with Gasteiger partial charge in [0.1, 0.15) is 6.54 Å². The highest BCUT2D eigenvalue weighted by Crippen LogP contribution is 2.32. The number of aromatic amines is 1. The summed E-state index contributed by atoms with van der Waals surface area (Å²) in [5, 5.41) is 12.5. The van der Waals surface area contributed by atoms with E-state index in [0.717, 1.165) is 5.56 Å². The third-order valence-electron chi connectivity index (χ3n) is 4.67. The number of hydrogen-bond acceptors (Lipinski definition) is 6. The smallest absolute Gasteiger partial charge is 0.278 e. The Bertz CT molecular complexity index is 1280. The lowest BCUT2D eigenvalue weighted by Gasteiger charge is -2.12. The summed E-state index contributed by atoms with van der Waals surface area (Å²) >= 11 is 5.37. The minimum absolute atomic E-state index is 0.162. The molecule has 2 aromatic heterocycles. The summed E-state index contributed by atoms with van der Waals surface area (Å²) in [7, 11) is 3.04. The maximum atomic E-state index is 13.1. The number of benzene rings is 2. The molecule has 0 aliphatic rings. The highest BCUT2D eigenvalue weighted by atomic mass is 32.1. The van der Waals surface area contributed by atoms with Crippen LogP contribution >= 0.6 is 12.2 Å². The Morgan fingerprint density at radius 3 is 2.59 bits per heavy atom. The van der Waals surface area contributed by atoms with E-state index in [1.807, 2.05) is 34.9 Å². The van der Waals surface area contributed by atoms with Crippen molar-refractivity contribution in [2.75, 3.05) is 14.2 Å². The van der Waals surface area contributed by atoms with E-state index in [1.165, 1.54) is 18.9 Å². The lowest BCUT2D eigenvalue weighted by molar-refractivity contribution is 0.358. The van der Waals surface area contributed by atoms with Crippen molar-refractivity contribution in [2.45, 2.75) is 13.1 Å². The van der Waals surface area contributed by atoms with Gasteiger partial charge in [-0.2, -0.15) is 10.2 Å². The molecule has 0 atom stereocenters. The molecule has 8 nitrogen and oxygen atoms in total. The molecule has 0 radical (unpaired) electrons. The van der Waals surface area contributed by atoms with Crippen LogP contribution in [-0.4, -0.2) is 38.8 Å². The van der Waals surface area contributed by atoms with Crippen LogP contribution in [0.1, 0.15) is 11.4 Å². The van der Waals surface area contributed by atoms with Gasteiger partial charge < -0.3 is 9.47 Å². The zero-order valence-corrected chi connectivity index (χ0v) is 16.8. The van der Waals surface area contributed by atoms with Crippen LogP contribution in [-0.2, 0) is 13.1 Å². The number of methoxy groups -OCH3 is 2. The Morgan fingerprint density at radius 1 is 1.07 bits per heavy atom. The fourth-order valence-electron chi connectivity index (χ4n) is 3.23. The van der Waals surface area contributed by atoms with Crippen LogP contribution in [0.3, 0.4) is 0 Å². The molecule has 4 aromatic rings. The van der Waals surface area contributed by atoms with E-state index in [9.17, 15) is 4.79 Å². The minimum atomic E-state index is -0.293.